The highest BCUT2D eigenvalue weighted by Gasteiger charge is 2.18. The van der Waals surface area contributed by atoms with Crippen molar-refractivity contribution in [1.29, 1.82) is 0 Å². The van der Waals surface area contributed by atoms with Crippen molar-refractivity contribution in [2.24, 2.45) is 0 Å². The van der Waals surface area contributed by atoms with Gasteiger partial charge < -0.3 is 15.4 Å². The summed E-state index contributed by atoms with van der Waals surface area (Å²) in [7, 11) is 1.56. The van der Waals surface area contributed by atoms with Gasteiger partial charge in [-0.25, -0.2) is 0 Å². The molecule has 0 aromatic heterocycles. The number of methoxy groups -OCH3 is 1. The number of nitro benzene ring substituents is 1. The van der Waals surface area contributed by atoms with Crippen molar-refractivity contribution in [1.82, 2.24) is 5.32 Å². The molecule has 1 aromatic rings. The number of amides is 1. The quantitative estimate of drug-likeness (QED) is 0.367. The highest BCUT2D eigenvalue weighted by molar-refractivity contribution is 5.95. The lowest BCUT2D eigenvalue weighted by Gasteiger charge is -2.14. The van der Waals surface area contributed by atoms with E-state index in [1.165, 1.54) is 6.07 Å². The van der Waals surface area contributed by atoms with Gasteiger partial charge in [0.1, 0.15) is 5.69 Å². The summed E-state index contributed by atoms with van der Waals surface area (Å²) >= 11 is 0. The van der Waals surface area contributed by atoms with Gasteiger partial charge in [-0.3, -0.25) is 14.9 Å². The van der Waals surface area contributed by atoms with Crippen molar-refractivity contribution in [3.05, 3.63) is 33.9 Å². The zero-order valence-electron chi connectivity index (χ0n) is 14.6. The summed E-state index contributed by atoms with van der Waals surface area (Å²) < 4.78 is 4.91. The third-order valence-corrected chi connectivity index (χ3v) is 3.70. The largest absolute Gasteiger partial charge is 0.383 e. The first-order chi connectivity index (χ1) is 11.5. The average molecular weight is 337 g/mol. The summed E-state index contributed by atoms with van der Waals surface area (Å²) in [6, 6.07) is 4.51. The van der Waals surface area contributed by atoms with E-state index in [1.807, 2.05) is 6.92 Å². The number of hydrogen-bond acceptors (Lipinski definition) is 5. The van der Waals surface area contributed by atoms with E-state index < -0.39 is 4.92 Å². The molecule has 7 heteroatoms. The molecule has 1 atom stereocenters. The molecule has 0 aliphatic carbocycles. The van der Waals surface area contributed by atoms with Crippen LogP contribution in [0.1, 0.15) is 49.9 Å². The van der Waals surface area contributed by atoms with E-state index in [0.29, 0.717) is 24.4 Å². The first kappa shape index (κ1) is 19.9. The third-order valence-electron chi connectivity index (χ3n) is 3.70. The first-order valence-corrected chi connectivity index (χ1v) is 8.31. The van der Waals surface area contributed by atoms with Crippen LogP contribution in [0.4, 0.5) is 11.4 Å². The fourth-order valence-electron chi connectivity index (χ4n) is 2.34. The van der Waals surface area contributed by atoms with Crippen molar-refractivity contribution in [3.63, 3.8) is 0 Å². The molecule has 1 unspecified atom stereocenters. The number of rotatable bonds is 11. The van der Waals surface area contributed by atoms with Gasteiger partial charge in [-0.1, -0.05) is 26.2 Å². The summed E-state index contributed by atoms with van der Waals surface area (Å²) in [5.74, 6) is -0.287. The second-order valence-corrected chi connectivity index (χ2v) is 5.78. The van der Waals surface area contributed by atoms with Crippen molar-refractivity contribution in [2.45, 2.75) is 45.6 Å². The summed E-state index contributed by atoms with van der Waals surface area (Å²) in [6.07, 6.45) is 4.22. The molecule has 1 aromatic carbocycles. The highest BCUT2D eigenvalue weighted by Crippen LogP contribution is 2.25. The molecule has 0 heterocycles. The maximum Gasteiger partial charge on any atom is 0.293 e. The van der Waals surface area contributed by atoms with Crippen LogP contribution in [0.15, 0.2) is 18.2 Å². The zero-order valence-corrected chi connectivity index (χ0v) is 14.6. The lowest BCUT2D eigenvalue weighted by molar-refractivity contribution is -0.384. The van der Waals surface area contributed by atoms with E-state index in [2.05, 4.69) is 17.6 Å². The summed E-state index contributed by atoms with van der Waals surface area (Å²) in [6.45, 7) is 4.97. The summed E-state index contributed by atoms with van der Waals surface area (Å²) in [5, 5.41) is 17.1. The average Bonchev–Trinajstić information content (AvgIpc) is 2.55. The number of nitrogens with zero attached hydrogens (tertiary/aromatic N) is 1. The number of carbonyl (C=O) groups is 1. The van der Waals surface area contributed by atoms with Crippen molar-refractivity contribution < 1.29 is 14.5 Å². The number of anilines is 1. The molecule has 2 N–H and O–H groups in total. The molecule has 0 spiro atoms. The molecule has 0 saturated heterocycles. The minimum absolute atomic E-state index is 0.0441. The van der Waals surface area contributed by atoms with Gasteiger partial charge in [0.05, 0.1) is 11.5 Å². The van der Waals surface area contributed by atoms with Gasteiger partial charge >= 0.3 is 0 Å². The zero-order chi connectivity index (χ0) is 17.9. The number of unbranched alkanes of at least 4 members (excludes halogenated alkanes) is 2. The van der Waals surface area contributed by atoms with Crippen LogP contribution in [0.3, 0.4) is 0 Å². The molecule has 1 rings (SSSR count). The number of ether oxygens (including phenoxy) is 1. The molecule has 0 aliphatic rings. The van der Waals surface area contributed by atoms with Gasteiger partial charge in [-0.15, -0.1) is 0 Å². The Labute approximate surface area is 142 Å². The third kappa shape index (κ3) is 6.54. The minimum Gasteiger partial charge on any atom is -0.383 e. The molecular weight excluding hydrogens is 310 g/mol. The molecule has 0 radical (unpaired) electrons. The maximum atomic E-state index is 12.3. The Morgan fingerprint density at radius 1 is 1.38 bits per heavy atom. The maximum absolute atomic E-state index is 12.3. The van der Waals surface area contributed by atoms with E-state index in [0.717, 1.165) is 25.7 Å². The van der Waals surface area contributed by atoms with Gasteiger partial charge in [-0.2, -0.15) is 0 Å². The fourth-order valence-corrected chi connectivity index (χ4v) is 2.34. The van der Waals surface area contributed by atoms with E-state index in [1.54, 1.807) is 19.2 Å². The van der Waals surface area contributed by atoms with Crippen LogP contribution < -0.4 is 10.6 Å². The van der Waals surface area contributed by atoms with Crippen molar-refractivity contribution in [3.8, 4) is 0 Å². The van der Waals surface area contributed by atoms with E-state index in [4.69, 9.17) is 4.74 Å². The molecule has 1 amide bonds. The second kappa shape index (κ2) is 10.6. The minimum atomic E-state index is -0.489. The lowest BCUT2D eigenvalue weighted by atomic mass is 10.1. The smallest absolute Gasteiger partial charge is 0.293 e. The predicted molar refractivity (Wildman–Crippen MR) is 94.5 cm³/mol. The molecule has 24 heavy (non-hydrogen) atoms. The number of nitrogens with one attached hydrogen (secondary N) is 2. The topological polar surface area (TPSA) is 93.5 Å². The monoisotopic (exact) mass is 337 g/mol. The standard InChI is InChI=1S/C17H27N3O4/c1-4-5-6-7-13(2)19-17(21)14-8-9-15(18-10-11-24-3)16(12-14)20(22)23/h8-9,12-13,18H,4-7,10-11H2,1-3H3,(H,19,21). The van der Waals surface area contributed by atoms with Crippen LogP contribution in [-0.2, 0) is 4.74 Å². The SMILES string of the molecule is CCCCCC(C)NC(=O)c1ccc(NCCOC)c([N+](=O)[O-])c1. The molecule has 134 valence electrons. The van der Waals surface area contributed by atoms with Gasteiger partial charge in [-0.05, 0) is 25.5 Å². The Kier molecular flexibility index (Phi) is 8.78. The van der Waals surface area contributed by atoms with Crippen LogP contribution in [0, 0.1) is 10.1 Å². The number of carbonyl (C=O) groups excluding carboxylic acids is 1. The summed E-state index contributed by atoms with van der Waals surface area (Å²) in [5.41, 5.74) is 0.559. The number of hydrogen-bond donors (Lipinski definition) is 2. The molecule has 7 nitrogen and oxygen atoms in total. The van der Waals surface area contributed by atoms with Gasteiger partial charge in [0.2, 0.25) is 0 Å². The molecule has 0 saturated carbocycles. The van der Waals surface area contributed by atoms with E-state index in [9.17, 15) is 14.9 Å². The normalized spacial score (nSPS) is 11.8. The Bertz CT molecular complexity index is 549. The van der Waals surface area contributed by atoms with Crippen LogP contribution in [0.25, 0.3) is 0 Å². The predicted octanol–water partition coefficient (Wildman–Crippen LogP) is 3.35. The Hall–Kier alpha value is -2.15. The van der Waals surface area contributed by atoms with Gasteiger partial charge in [0.15, 0.2) is 0 Å². The Balaban J connectivity index is 2.75. The van der Waals surface area contributed by atoms with E-state index >= 15 is 0 Å². The molecule has 0 fully saturated rings. The van der Waals surface area contributed by atoms with Crippen molar-refractivity contribution in [2.75, 3.05) is 25.6 Å². The molecule has 0 aliphatic heterocycles. The summed E-state index contributed by atoms with van der Waals surface area (Å²) in [4.78, 5) is 23.0. The van der Waals surface area contributed by atoms with Crippen LogP contribution in [-0.4, -0.2) is 37.1 Å². The number of benzene rings is 1. The Morgan fingerprint density at radius 2 is 2.12 bits per heavy atom. The van der Waals surface area contributed by atoms with Crippen molar-refractivity contribution >= 4 is 17.3 Å². The first-order valence-electron chi connectivity index (χ1n) is 8.31. The van der Waals surface area contributed by atoms with E-state index in [-0.39, 0.29) is 17.6 Å². The second-order valence-electron chi connectivity index (χ2n) is 5.78. The molecule has 0 bridgehead atoms. The Morgan fingerprint density at radius 3 is 2.75 bits per heavy atom. The van der Waals surface area contributed by atoms with Gasteiger partial charge in [0.25, 0.3) is 11.6 Å². The van der Waals surface area contributed by atoms with Crippen LogP contribution in [0.2, 0.25) is 0 Å². The van der Waals surface area contributed by atoms with Crippen LogP contribution in [0.5, 0.6) is 0 Å². The molecular formula is C17H27N3O4. The van der Waals surface area contributed by atoms with Gasteiger partial charge in [0, 0.05) is 31.3 Å². The van der Waals surface area contributed by atoms with Crippen LogP contribution >= 0.6 is 0 Å². The number of nitro groups is 1. The fraction of sp³-hybridized carbons (Fsp3) is 0.588. The highest BCUT2D eigenvalue weighted by atomic mass is 16.6. The lowest BCUT2D eigenvalue weighted by Crippen LogP contribution is -2.32.